The maximum atomic E-state index is 12.3. The Labute approximate surface area is 115 Å². The molecule has 19 heavy (non-hydrogen) atoms. The standard InChI is InChI=1S/C13H23N3O2S/c1-4-7-16-10-12(8-11(16)9-14-3)19(17,18)15-13(2)5-6-13/h8,10,14-15H,4-7,9H2,1-3H3. The van der Waals surface area contributed by atoms with E-state index >= 15 is 0 Å². The van der Waals surface area contributed by atoms with E-state index < -0.39 is 10.0 Å². The van der Waals surface area contributed by atoms with Crippen LogP contribution >= 0.6 is 0 Å². The second kappa shape index (κ2) is 5.26. The number of aryl methyl sites for hydroxylation is 1. The van der Waals surface area contributed by atoms with Gasteiger partial charge in [0.05, 0.1) is 4.90 Å². The van der Waals surface area contributed by atoms with Crippen LogP contribution in [0.3, 0.4) is 0 Å². The van der Waals surface area contributed by atoms with Crippen LogP contribution < -0.4 is 10.0 Å². The maximum Gasteiger partial charge on any atom is 0.242 e. The third-order valence-electron chi connectivity index (χ3n) is 3.47. The molecule has 1 fully saturated rings. The van der Waals surface area contributed by atoms with Gasteiger partial charge in [-0.3, -0.25) is 0 Å². The van der Waals surface area contributed by atoms with E-state index in [4.69, 9.17) is 0 Å². The highest BCUT2D eigenvalue weighted by Gasteiger charge is 2.41. The molecule has 1 aromatic heterocycles. The lowest BCUT2D eigenvalue weighted by atomic mass is 10.4. The summed E-state index contributed by atoms with van der Waals surface area (Å²) in [5, 5.41) is 3.07. The van der Waals surface area contributed by atoms with Crippen molar-refractivity contribution >= 4 is 10.0 Å². The van der Waals surface area contributed by atoms with Gasteiger partial charge in [0, 0.05) is 30.5 Å². The second-order valence-corrected chi connectivity index (χ2v) is 7.24. The fourth-order valence-electron chi connectivity index (χ4n) is 2.12. The van der Waals surface area contributed by atoms with Gasteiger partial charge in [-0.1, -0.05) is 6.92 Å². The Morgan fingerprint density at radius 1 is 1.42 bits per heavy atom. The largest absolute Gasteiger partial charge is 0.349 e. The van der Waals surface area contributed by atoms with Crippen LogP contribution in [-0.4, -0.2) is 25.6 Å². The SMILES string of the molecule is CCCn1cc(S(=O)(=O)NC2(C)CC2)cc1CNC. The average molecular weight is 285 g/mol. The predicted molar refractivity (Wildman–Crippen MR) is 75.4 cm³/mol. The van der Waals surface area contributed by atoms with Crippen LogP contribution in [0, 0.1) is 0 Å². The summed E-state index contributed by atoms with van der Waals surface area (Å²) in [6.45, 7) is 5.54. The molecule has 5 nitrogen and oxygen atoms in total. The van der Waals surface area contributed by atoms with E-state index in [1.165, 1.54) is 0 Å². The van der Waals surface area contributed by atoms with Crippen LogP contribution in [0.4, 0.5) is 0 Å². The van der Waals surface area contributed by atoms with Gasteiger partial charge in [-0.25, -0.2) is 13.1 Å². The van der Waals surface area contributed by atoms with E-state index in [2.05, 4.69) is 17.0 Å². The second-order valence-electron chi connectivity index (χ2n) is 5.56. The summed E-state index contributed by atoms with van der Waals surface area (Å²) < 4.78 is 29.4. The molecule has 0 aliphatic heterocycles. The van der Waals surface area contributed by atoms with E-state index in [9.17, 15) is 8.42 Å². The Kier molecular flexibility index (Phi) is 4.03. The molecule has 108 valence electrons. The third-order valence-corrected chi connectivity index (χ3v) is 5.08. The van der Waals surface area contributed by atoms with Gasteiger partial charge in [0.2, 0.25) is 10.0 Å². The minimum absolute atomic E-state index is 0.227. The van der Waals surface area contributed by atoms with Gasteiger partial charge >= 0.3 is 0 Å². The van der Waals surface area contributed by atoms with Crippen LogP contribution in [-0.2, 0) is 23.1 Å². The molecule has 0 aromatic carbocycles. The quantitative estimate of drug-likeness (QED) is 0.797. The lowest BCUT2D eigenvalue weighted by Gasteiger charge is -2.10. The molecule has 0 radical (unpaired) electrons. The molecule has 1 heterocycles. The fraction of sp³-hybridized carbons (Fsp3) is 0.692. The minimum Gasteiger partial charge on any atom is -0.349 e. The lowest BCUT2D eigenvalue weighted by Crippen LogP contribution is -2.34. The van der Waals surface area contributed by atoms with Crippen LogP contribution in [0.25, 0.3) is 0 Å². The number of rotatable bonds is 7. The van der Waals surface area contributed by atoms with E-state index in [0.29, 0.717) is 11.4 Å². The molecule has 1 aliphatic rings. The van der Waals surface area contributed by atoms with Crippen molar-refractivity contribution in [3.63, 3.8) is 0 Å². The molecule has 0 amide bonds. The Morgan fingerprint density at radius 2 is 2.11 bits per heavy atom. The Balaban J connectivity index is 2.26. The number of hydrogen-bond donors (Lipinski definition) is 2. The normalized spacial score (nSPS) is 17.6. The van der Waals surface area contributed by atoms with Crippen LogP contribution in [0.2, 0.25) is 0 Å². The van der Waals surface area contributed by atoms with Crippen molar-refractivity contribution in [1.82, 2.24) is 14.6 Å². The van der Waals surface area contributed by atoms with Crippen molar-refractivity contribution in [2.45, 2.75) is 56.6 Å². The molecule has 0 bridgehead atoms. The highest BCUT2D eigenvalue weighted by Crippen LogP contribution is 2.36. The number of hydrogen-bond acceptors (Lipinski definition) is 3. The summed E-state index contributed by atoms with van der Waals surface area (Å²) in [4.78, 5) is 0.374. The van der Waals surface area contributed by atoms with E-state index in [1.807, 2.05) is 18.5 Å². The summed E-state index contributed by atoms with van der Waals surface area (Å²) in [6, 6.07) is 1.76. The molecule has 6 heteroatoms. The smallest absolute Gasteiger partial charge is 0.242 e. The first kappa shape index (κ1) is 14.6. The maximum absolute atomic E-state index is 12.3. The minimum atomic E-state index is -3.39. The zero-order valence-corrected chi connectivity index (χ0v) is 12.7. The summed E-state index contributed by atoms with van der Waals surface area (Å²) >= 11 is 0. The van der Waals surface area contributed by atoms with Crippen LogP contribution in [0.15, 0.2) is 17.2 Å². The monoisotopic (exact) mass is 285 g/mol. The van der Waals surface area contributed by atoms with Gasteiger partial charge in [-0.15, -0.1) is 0 Å². The van der Waals surface area contributed by atoms with E-state index in [-0.39, 0.29) is 5.54 Å². The van der Waals surface area contributed by atoms with E-state index in [1.54, 1.807) is 12.3 Å². The number of sulfonamides is 1. The Hall–Kier alpha value is -0.850. The third kappa shape index (κ3) is 3.38. The van der Waals surface area contributed by atoms with Crippen LogP contribution in [0.5, 0.6) is 0 Å². The Morgan fingerprint density at radius 3 is 2.63 bits per heavy atom. The first-order valence-corrected chi connectivity index (χ1v) is 8.26. The first-order chi connectivity index (χ1) is 8.90. The summed E-state index contributed by atoms with van der Waals surface area (Å²) in [6.07, 6.45) is 4.57. The number of nitrogens with zero attached hydrogens (tertiary/aromatic N) is 1. The first-order valence-electron chi connectivity index (χ1n) is 6.78. The molecule has 2 N–H and O–H groups in total. The zero-order valence-electron chi connectivity index (χ0n) is 11.9. The van der Waals surface area contributed by atoms with Gasteiger partial charge in [0.1, 0.15) is 0 Å². The van der Waals surface area contributed by atoms with Crippen molar-refractivity contribution in [2.24, 2.45) is 0 Å². The fourth-order valence-corrected chi connectivity index (χ4v) is 3.65. The predicted octanol–water partition coefficient (Wildman–Crippen LogP) is 1.45. The molecule has 0 saturated heterocycles. The topological polar surface area (TPSA) is 63.1 Å². The van der Waals surface area contributed by atoms with Gasteiger partial charge in [-0.2, -0.15) is 0 Å². The van der Waals surface area contributed by atoms with Gasteiger partial charge < -0.3 is 9.88 Å². The molecule has 1 saturated carbocycles. The van der Waals surface area contributed by atoms with Crippen molar-refractivity contribution in [3.05, 3.63) is 18.0 Å². The van der Waals surface area contributed by atoms with Crippen molar-refractivity contribution in [1.29, 1.82) is 0 Å². The molecular weight excluding hydrogens is 262 g/mol. The molecule has 2 rings (SSSR count). The van der Waals surface area contributed by atoms with Crippen molar-refractivity contribution in [2.75, 3.05) is 7.05 Å². The average Bonchev–Trinajstić information content (AvgIpc) is 2.88. The van der Waals surface area contributed by atoms with Gasteiger partial charge in [0.15, 0.2) is 0 Å². The molecule has 1 aliphatic carbocycles. The van der Waals surface area contributed by atoms with Gasteiger partial charge in [0.25, 0.3) is 0 Å². The lowest BCUT2D eigenvalue weighted by molar-refractivity contribution is 0.557. The summed E-state index contributed by atoms with van der Waals surface area (Å²) in [5.41, 5.74) is 0.778. The zero-order chi connectivity index (χ0) is 14.1. The molecule has 0 unspecified atom stereocenters. The highest BCUT2D eigenvalue weighted by atomic mass is 32.2. The number of nitrogens with one attached hydrogen (secondary N) is 2. The molecule has 0 atom stereocenters. The summed E-state index contributed by atoms with van der Waals surface area (Å²) in [7, 11) is -1.53. The van der Waals surface area contributed by atoms with Crippen molar-refractivity contribution < 1.29 is 8.42 Å². The molecule has 0 spiro atoms. The van der Waals surface area contributed by atoms with Crippen LogP contribution in [0.1, 0.15) is 38.8 Å². The molecule has 1 aromatic rings. The molecular formula is C13H23N3O2S. The van der Waals surface area contributed by atoms with Crippen molar-refractivity contribution in [3.8, 4) is 0 Å². The Bertz CT molecular complexity index is 521. The van der Waals surface area contributed by atoms with E-state index in [0.717, 1.165) is 31.5 Å². The highest BCUT2D eigenvalue weighted by molar-refractivity contribution is 7.89. The van der Waals surface area contributed by atoms with Gasteiger partial charge in [-0.05, 0) is 39.3 Å². The number of aromatic nitrogens is 1. The summed E-state index contributed by atoms with van der Waals surface area (Å²) in [5.74, 6) is 0.